The van der Waals surface area contributed by atoms with Crippen molar-refractivity contribution in [3.05, 3.63) is 65.2 Å². The molecule has 144 valence electrons. The Morgan fingerprint density at radius 2 is 1.85 bits per heavy atom. The highest BCUT2D eigenvalue weighted by Gasteiger charge is 2.20. The van der Waals surface area contributed by atoms with Gasteiger partial charge in [0.2, 0.25) is 0 Å². The van der Waals surface area contributed by atoms with Gasteiger partial charge in [0.25, 0.3) is 5.91 Å². The number of hydrogen-bond acceptors (Lipinski definition) is 4. The van der Waals surface area contributed by atoms with E-state index in [0.717, 1.165) is 49.7 Å². The molecule has 0 aliphatic carbocycles. The van der Waals surface area contributed by atoms with Crippen LogP contribution >= 0.6 is 0 Å². The number of amides is 1. The van der Waals surface area contributed by atoms with Gasteiger partial charge in [0.15, 0.2) is 6.61 Å². The summed E-state index contributed by atoms with van der Waals surface area (Å²) >= 11 is 0. The van der Waals surface area contributed by atoms with Crippen LogP contribution in [-0.2, 0) is 9.53 Å². The van der Waals surface area contributed by atoms with Gasteiger partial charge in [0.1, 0.15) is 5.75 Å². The standard InChI is InChI=1S/C22H28N2O3/c1-17-8-9-20(14-18(17)2)27-16-22(25)23-21(19-6-4-3-5-7-19)15-24-10-12-26-13-11-24/h3-9,14,21H,10-13,15-16H2,1-2H3,(H,23,25)/t21-/m0/s1. The highest BCUT2D eigenvalue weighted by molar-refractivity contribution is 5.78. The van der Waals surface area contributed by atoms with Gasteiger partial charge in [-0.2, -0.15) is 0 Å². The van der Waals surface area contributed by atoms with Crippen molar-refractivity contribution in [3.63, 3.8) is 0 Å². The number of rotatable bonds is 7. The van der Waals surface area contributed by atoms with Crippen LogP contribution in [-0.4, -0.2) is 50.3 Å². The maximum absolute atomic E-state index is 12.5. The van der Waals surface area contributed by atoms with Crippen molar-refractivity contribution in [2.24, 2.45) is 0 Å². The molecular weight excluding hydrogens is 340 g/mol. The summed E-state index contributed by atoms with van der Waals surface area (Å²) in [6.07, 6.45) is 0. The summed E-state index contributed by atoms with van der Waals surface area (Å²) < 4.78 is 11.1. The molecule has 2 aromatic carbocycles. The molecule has 0 aromatic heterocycles. The van der Waals surface area contributed by atoms with Crippen molar-refractivity contribution in [1.29, 1.82) is 0 Å². The van der Waals surface area contributed by atoms with Crippen LogP contribution in [0.1, 0.15) is 22.7 Å². The summed E-state index contributed by atoms with van der Waals surface area (Å²) in [7, 11) is 0. The summed E-state index contributed by atoms with van der Waals surface area (Å²) in [6, 6.07) is 15.9. The molecule has 1 N–H and O–H groups in total. The van der Waals surface area contributed by atoms with Crippen LogP contribution in [0, 0.1) is 13.8 Å². The predicted octanol–water partition coefficient (Wildman–Crippen LogP) is 2.87. The lowest BCUT2D eigenvalue weighted by molar-refractivity contribution is -0.124. The molecule has 0 saturated carbocycles. The van der Waals surface area contributed by atoms with Crippen molar-refractivity contribution in [2.45, 2.75) is 19.9 Å². The molecule has 1 fully saturated rings. The zero-order valence-corrected chi connectivity index (χ0v) is 16.1. The fraction of sp³-hybridized carbons (Fsp3) is 0.409. The highest BCUT2D eigenvalue weighted by atomic mass is 16.5. The van der Waals surface area contributed by atoms with E-state index in [4.69, 9.17) is 9.47 Å². The molecule has 0 radical (unpaired) electrons. The Morgan fingerprint density at radius 1 is 1.11 bits per heavy atom. The Hall–Kier alpha value is -2.37. The summed E-state index contributed by atoms with van der Waals surface area (Å²) in [4.78, 5) is 14.8. The molecule has 1 aliphatic heterocycles. The molecule has 1 saturated heterocycles. The fourth-order valence-corrected chi connectivity index (χ4v) is 3.15. The molecule has 0 unspecified atom stereocenters. The third-order valence-corrected chi connectivity index (χ3v) is 4.93. The normalized spacial score (nSPS) is 15.9. The minimum atomic E-state index is -0.115. The molecule has 5 nitrogen and oxygen atoms in total. The van der Waals surface area contributed by atoms with Gasteiger partial charge < -0.3 is 14.8 Å². The number of nitrogens with zero attached hydrogens (tertiary/aromatic N) is 1. The summed E-state index contributed by atoms with van der Waals surface area (Å²) in [5.74, 6) is 0.605. The summed E-state index contributed by atoms with van der Waals surface area (Å²) in [5.41, 5.74) is 3.47. The quantitative estimate of drug-likeness (QED) is 0.817. The van der Waals surface area contributed by atoms with Crippen LogP contribution in [0.2, 0.25) is 0 Å². The second kappa shape index (κ2) is 9.53. The first-order chi connectivity index (χ1) is 13.1. The van der Waals surface area contributed by atoms with E-state index in [9.17, 15) is 4.79 Å². The van der Waals surface area contributed by atoms with E-state index in [-0.39, 0.29) is 18.6 Å². The van der Waals surface area contributed by atoms with E-state index in [0.29, 0.717) is 0 Å². The number of carbonyl (C=O) groups excluding carboxylic acids is 1. The number of morpholine rings is 1. The van der Waals surface area contributed by atoms with E-state index >= 15 is 0 Å². The molecule has 1 amide bonds. The van der Waals surface area contributed by atoms with E-state index in [1.165, 1.54) is 5.56 Å². The maximum Gasteiger partial charge on any atom is 0.258 e. The third-order valence-electron chi connectivity index (χ3n) is 4.93. The van der Waals surface area contributed by atoms with Gasteiger partial charge in [-0.3, -0.25) is 9.69 Å². The van der Waals surface area contributed by atoms with Crippen LogP contribution in [0.3, 0.4) is 0 Å². The fourth-order valence-electron chi connectivity index (χ4n) is 3.15. The number of carbonyl (C=O) groups is 1. The summed E-state index contributed by atoms with van der Waals surface area (Å²) in [5, 5.41) is 3.13. The second-order valence-corrected chi connectivity index (χ2v) is 6.98. The smallest absolute Gasteiger partial charge is 0.258 e. The average molecular weight is 368 g/mol. The average Bonchev–Trinajstić information content (AvgIpc) is 2.70. The van der Waals surface area contributed by atoms with Crippen molar-refractivity contribution in [2.75, 3.05) is 39.5 Å². The Kier molecular flexibility index (Phi) is 6.85. The third kappa shape index (κ3) is 5.81. The maximum atomic E-state index is 12.5. The van der Waals surface area contributed by atoms with Crippen LogP contribution in [0.4, 0.5) is 0 Å². The zero-order chi connectivity index (χ0) is 19.1. The Balaban J connectivity index is 1.60. The molecule has 27 heavy (non-hydrogen) atoms. The molecule has 5 heteroatoms. The summed E-state index contributed by atoms with van der Waals surface area (Å²) in [6.45, 7) is 8.13. The van der Waals surface area contributed by atoms with Gasteiger partial charge in [-0.15, -0.1) is 0 Å². The van der Waals surface area contributed by atoms with Gasteiger partial charge in [0, 0.05) is 19.6 Å². The minimum Gasteiger partial charge on any atom is -0.484 e. The molecule has 3 rings (SSSR count). The molecule has 2 aromatic rings. The van der Waals surface area contributed by atoms with E-state index < -0.39 is 0 Å². The molecule has 1 atom stereocenters. The molecule has 1 heterocycles. The number of hydrogen-bond donors (Lipinski definition) is 1. The van der Waals surface area contributed by atoms with Gasteiger partial charge in [-0.1, -0.05) is 36.4 Å². The van der Waals surface area contributed by atoms with Crippen LogP contribution < -0.4 is 10.1 Å². The molecular formula is C22H28N2O3. The lowest BCUT2D eigenvalue weighted by Crippen LogP contribution is -2.44. The van der Waals surface area contributed by atoms with Gasteiger partial charge in [-0.05, 0) is 42.7 Å². The van der Waals surface area contributed by atoms with E-state index in [1.54, 1.807) is 0 Å². The number of aryl methyl sites for hydroxylation is 2. The van der Waals surface area contributed by atoms with Crippen LogP contribution in [0.15, 0.2) is 48.5 Å². The van der Waals surface area contributed by atoms with E-state index in [2.05, 4.69) is 29.3 Å². The monoisotopic (exact) mass is 368 g/mol. The number of benzene rings is 2. The van der Waals surface area contributed by atoms with Crippen molar-refractivity contribution in [3.8, 4) is 5.75 Å². The van der Waals surface area contributed by atoms with Gasteiger partial charge in [0.05, 0.1) is 19.3 Å². The van der Waals surface area contributed by atoms with E-state index in [1.807, 2.05) is 43.3 Å². The first-order valence-corrected chi connectivity index (χ1v) is 9.46. The van der Waals surface area contributed by atoms with Crippen LogP contribution in [0.25, 0.3) is 0 Å². The zero-order valence-electron chi connectivity index (χ0n) is 16.1. The number of ether oxygens (including phenoxy) is 2. The largest absolute Gasteiger partial charge is 0.484 e. The van der Waals surface area contributed by atoms with Crippen LogP contribution in [0.5, 0.6) is 5.75 Å². The number of nitrogens with one attached hydrogen (secondary N) is 1. The van der Waals surface area contributed by atoms with Crippen molar-refractivity contribution >= 4 is 5.91 Å². The lowest BCUT2D eigenvalue weighted by Gasteiger charge is -2.31. The molecule has 0 spiro atoms. The highest BCUT2D eigenvalue weighted by Crippen LogP contribution is 2.17. The van der Waals surface area contributed by atoms with Crippen molar-refractivity contribution in [1.82, 2.24) is 10.2 Å². The Bertz CT molecular complexity index is 742. The molecule has 1 aliphatic rings. The Labute approximate surface area is 161 Å². The topological polar surface area (TPSA) is 50.8 Å². The second-order valence-electron chi connectivity index (χ2n) is 6.98. The van der Waals surface area contributed by atoms with Gasteiger partial charge >= 0.3 is 0 Å². The predicted molar refractivity (Wildman–Crippen MR) is 106 cm³/mol. The Morgan fingerprint density at radius 3 is 2.56 bits per heavy atom. The first kappa shape index (κ1) is 19.4. The van der Waals surface area contributed by atoms with Gasteiger partial charge in [-0.25, -0.2) is 0 Å². The minimum absolute atomic E-state index is 0.00887. The van der Waals surface area contributed by atoms with Crippen molar-refractivity contribution < 1.29 is 14.3 Å². The lowest BCUT2D eigenvalue weighted by atomic mass is 10.1. The molecule has 0 bridgehead atoms. The first-order valence-electron chi connectivity index (χ1n) is 9.46. The SMILES string of the molecule is Cc1ccc(OCC(=O)N[C@@H](CN2CCOCC2)c2ccccc2)cc1C.